The van der Waals surface area contributed by atoms with Crippen LogP contribution >= 0.6 is 0 Å². The fourth-order valence-electron chi connectivity index (χ4n) is 3.63. The van der Waals surface area contributed by atoms with Crippen molar-refractivity contribution in [3.63, 3.8) is 0 Å². The number of aromatic nitrogens is 1. The molecule has 0 unspecified atom stereocenters. The van der Waals surface area contributed by atoms with Crippen molar-refractivity contribution < 1.29 is 9.53 Å². The number of hydrogen-bond donors (Lipinski definition) is 2. The van der Waals surface area contributed by atoms with Crippen molar-refractivity contribution in [3.8, 4) is 11.3 Å². The molecule has 134 valence electrons. The monoisotopic (exact) mass is 341 g/mol. The quantitative estimate of drug-likeness (QED) is 0.848. The molecule has 2 aromatic rings. The van der Waals surface area contributed by atoms with Crippen molar-refractivity contribution in [1.29, 1.82) is 0 Å². The van der Waals surface area contributed by atoms with Gasteiger partial charge in [-0.1, -0.05) is 30.3 Å². The second-order valence-corrected chi connectivity index (χ2v) is 6.89. The number of methoxy groups -OCH3 is 1. The second kappa shape index (κ2) is 7.85. The lowest BCUT2D eigenvalue weighted by molar-refractivity contribution is 0.0510. The number of rotatable bonds is 6. The van der Waals surface area contributed by atoms with Gasteiger partial charge >= 0.3 is 0 Å². The second-order valence-electron chi connectivity index (χ2n) is 6.89. The van der Waals surface area contributed by atoms with Crippen molar-refractivity contribution >= 4 is 5.91 Å². The molecule has 2 heterocycles. The maximum Gasteiger partial charge on any atom is 0.267 e. The SMILES string of the molecule is COCC1(CNC(=O)c2ccc(-c3ccccc3)n2C)CCNCC1. The smallest absolute Gasteiger partial charge is 0.267 e. The number of amides is 1. The van der Waals surface area contributed by atoms with Crippen LogP contribution in [0.2, 0.25) is 0 Å². The van der Waals surface area contributed by atoms with Crippen LogP contribution in [0.15, 0.2) is 42.5 Å². The summed E-state index contributed by atoms with van der Waals surface area (Å²) >= 11 is 0. The Labute approximate surface area is 149 Å². The first-order chi connectivity index (χ1) is 12.2. The fraction of sp³-hybridized carbons (Fsp3) is 0.450. The van der Waals surface area contributed by atoms with Gasteiger partial charge < -0.3 is 19.9 Å². The number of piperidine rings is 1. The highest BCUT2D eigenvalue weighted by molar-refractivity contribution is 5.93. The van der Waals surface area contributed by atoms with Gasteiger partial charge in [0.15, 0.2) is 0 Å². The number of hydrogen-bond acceptors (Lipinski definition) is 3. The Hall–Kier alpha value is -2.11. The van der Waals surface area contributed by atoms with Crippen LogP contribution in [0.3, 0.4) is 0 Å². The summed E-state index contributed by atoms with van der Waals surface area (Å²) < 4.78 is 7.38. The van der Waals surface area contributed by atoms with Crippen molar-refractivity contribution in [3.05, 3.63) is 48.2 Å². The van der Waals surface area contributed by atoms with Gasteiger partial charge in [-0.2, -0.15) is 0 Å². The van der Waals surface area contributed by atoms with Crippen LogP contribution in [0.25, 0.3) is 11.3 Å². The Bertz CT molecular complexity index is 697. The van der Waals surface area contributed by atoms with E-state index in [1.807, 2.05) is 41.9 Å². The summed E-state index contributed by atoms with van der Waals surface area (Å²) in [6.45, 7) is 3.27. The van der Waals surface area contributed by atoms with Crippen LogP contribution in [-0.4, -0.2) is 43.8 Å². The Kier molecular flexibility index (Phi) is 5.56. The third-order valence-electron chi connectivity index (χ3n) is 5.16. The molecule has 0 atom stereocenters. The predicted molar refractivity (Wildman–Crippen MR) is 99.6 cm³/mol. The van der Waals surface area contributed by atoms with E-state index >= 15 is 0 Å². The summed E-state index contributed by atoms with van der Waals surface area (Å²) in [6, 6.07) is 14.0. The van der Waals surface area contributed by atoms with Crippen LogP contribution in [0, 0.1) is 5.41 Å². The molecule has 1 aromatic carbocycles. The summed E-state index contributed by atoms with van der Waals surface area (Å²) in [5, 5.41) is 6.51. The summed E-state index contributed by atoms with van der Waals surface area (Å²) in [4.78, 5) is 12.7. The number of ether oxygens (including phenoxy) is 1. The normalized spacial score (nSPS) is 16.6. The van der Waals surface area contributed by atoms with Gasteiger partial charge in [0.25, 0.3) is 5.91 Å². The van der Waals surface area contributed by atoms with Crippen molar-refractivity contribution in [2.45, 2.75) is 12.8 Å². The molecule has 1 amide bonds. The number of nitrogens with zero attached hydrogens (tertiary/aromatic N) is 1. The van der Waals surface area contributed by atoms with Crippen molar-refractivity contribution in [2.24, 2.45) is 12.5 Å². The van der Waals surface area contributed by atoms with Gasteiger partial charge in [0.05, 0.1) is 6.61 Å². The summed E-state index contributed by atoms with van der Waals surface area (Å²) in [7, 11) is 3.67. The zero-order valence-electron chi connectivity index (χ0n) is 15.0. The molecule has 0 spiro atoms. The average Bonchev–Trinajstić information content (AvgIpc) is 3.03. The highest BCUT2D eigenvalue weighted by Gasteiger charge is 2.32. The molecule has 0 saturated carbocycles. The Morgan fingerprint density at radius 2 is 1.92 bits per heavy atom. The van der Waals surface area contributed by atoms with Crippen molar-refractivity contribution in [2.75, 3.05) is 33.4 Å². The minimum absolute atomic E-state index is 0.0290. The average molecular weight is 341 g/mol. The summed E-state index contributed by atoms with van der Waals surface area (Å²) in [6.07, 6.45) is 2.03. The van der Waals surface area contributed by atoms with E-state index in [1.54, 1.807) is 7.11 Å². The molecule has 0 bridgehead atoms. The van der Waals surface area contributed by atoms with E-state index in [1.165, 1.54) is 0 Å². The Balaban J connectivity index is 1.70. The lowest BCUT2D eigenvalue weighted by Crippen LogP contribution is -2.47. The van der Waals surface area contributed by atoms with Gasteiger partial charge in [-0.15, -0.1) is 0 Å². The molecule has 5 heteroatoms. The van der Waals surface area contributed by atoms with Crippen LogP contribution in [0.1, 0.15) is 23.3 Å². The van der Waals surface area contributed by atoms with E-state index < -0.39 is 0 Å². The van der Waals surface area contributed by atoms with E-state index in [0.717, 1.165) is 37.2 Å². The highest BCUT2D eigenvalue weighted by Crippen LogP contribution is 2.28. The number of nitrogens with one attached hydrogen (secondary N) is 2. The number of carbonyl (C=O) groups excluding carboxylic acids is 1. The standard InChI is InChI=1S/C20H27N3O2/c1-23-17(16-6-4-3-5-7-16)8-9-18(23)19(24)22-14-20(15-25-2)10-12-21-13-11-20/h3-9,21H,10-15H2,1-2H3,(H,22,24). The minimum Gasteiger partial charge on any atom is -0.384 e. The predicted octanol–water partition coefficient (Wildman–Crippen LogP) is 2.44. The molecule has 3 rings (SSSR count). The van der Waals surface area contributed by atoms with E-state index in [2.05, 4.69) is 22.8 Å². The van der Waals surface area contributed by atoms with Crippen LogP contribution in [0.4, 0.5) is 0 Å². The third-order valence-corrected chi connectivity index (χ3v) is 5.16. The molecule has 1 saturated heterocycles. The van der Waals surface area contributed by atoms with Crippen LogP contribution in [-0.2, 0) is 11.8 Å². The topological polar surface area (TPSA) is 55.3 Å². The van der Waals surface area contributed by atoms with Gasteiger partial charge in [-0.25, -0.2) is 0 Å². The van der Waals surface area contributed by atoms with E-state index in [0.29, 0.717) is 18.8 Å². The molecule has 0 radical (unpaired) electrons. The fourth-order valence-corrected chi connectivity index (χ4v) is 3.63. The Morgan fingerprint density at radius 3 is 2.60 bits per heavy atom. The molecule has 1 aliphatic heterocycles. The summed E-state index contributed by atoms with van der Waals surface area (Å²) in [5.74, 6) is -0.0290. The molecule has 0 aliphatic carbocycles. The van der Waals surface area contributed by atoms with Gasteiger partial charge in [-0.05, 0) is 43.6 Å². The van der Waals surface area contributed by atoms with E-state index in [4.69, 9.17) is 4.74 Å². The first kappa shape index (κ1) is 17.7. The molecule has 1 aromatic heterocycles. The first-order valence-electron chi connectivity index (χ1n) is 8.84. The maximum absolute atomic E-state index is 12.7. The van der Waals surface area contributed by atoms with Gasteiger partial charge in [-0.3, -0.25) is 4.79 Å². The molecule has 1 fully saturated rings. The van der Waals surface area contributed by atoms with Gasteiger partial charge in [0, 0.05) is 31.8 Å². The molecular formula is C20H27N3O2. The van der Waals surface area contributed by atoms with Crippen LogP contribution in [0.5, 0.6) is 0 Å². The maximum atomic E-state index is 12.7. The zero-order valence-corrected chi connectivity index (χ0v) is 15.0. The van der Waals surface area contributed by atoms with Gasteiger partial charge in [0.1, 0.15) is 5.69 Å². The van der Waals surface area contributed by atoms with Crippen molar-refractivity contribution in [1.82, 2.24) is 15.2 Å². The molecule has 5 nitrogen and oxygen atoms in total. The lowest BCUT2D eigenvalue weighted by atomic mass is 9.79. The molecule has 2 N–H and O–H groups in total. The third kappa shape index (κ3) is 3.94. The van der Waals surface area contributed by atoms with Crippen LogP contribution < -0.4 is 10.6 Å². The Morgan fingerprint density at radius 1 is 1.20 bits per heavy atom. The highest BCUT2D eigenvalue weighted by atomic mass is 16.5. The molecular weight excluding hydrogens is 314 g/mol. The number of benzene rings is 1. The number of carbonyl (C=O) groups is 1. The first-order valence-corrected chi connectivity index (χ1v) is 8.84. The summed E-state index contributed by atoms with van der Waals surface area (Å²) in [5.41, 5.74) is 2.86. The van der Waals surface area contributed by atoms with E-state index in [-0.39, 0.29) is 11.3 Å². The largest absolute Gasteiger partial charge is 0.384 e. The van der Waals surface area contributed by atoms with E-state index in [9.17, 15) is 4.79 Å². The van der Waals surface area contributed by atoms with Gasteiger partial charge in [0.2, 0.25) is 0 Å². The molecule has 25 heavy (non-hydrogen) atoms. The zero-order chi connectivity index (χ0) is 17.7. The minimum atomic E-state index is -0.0290. The molecule has 1 aliphatic rings. The lowest BCUT2D eigenvalue weighted by Gasteiger charge is -2.37.